The normalized spacial score (nSPS) is 14.0. The summed E-state index contributed by atoms with van der Waals surface area (Å²) in [4.78, 5) is 18.7. The Hall–Kier alpha value is -2.96. The number of aliphatic hydroxyl groups excluding tert-OH is 2. The quantitative estimate of drug-likeness (QED) is 0.506. The van der Waals surface area contributed by atoms with Crippen molar-refractivity contribution in [2.45, 2.75) is 39.9 Å². The summed E-state index contributed by atoms with van der Waals surface area (Å²) in [6, 6.07) is 15.4. The molecule has 0 aliphatic heterocycles. The molecule has 0 radical (unpaired) electrons. The van der Waals surface area contributed by atoms with Crippen LogP contribution in [0.3, 0.4) is 0 Å². The van der Waals surface area contributed by atoms with Crippen LogP contribution in [0.1, 0.15) is 51.6 Å². The molecular weight excluding hydrogens is 376 g/mol. The fourth-order valence-electron chi connectivity index (χ4n) is 3.41. The van der Waals surface area contributed by atoms with Gasteiger partial charge in [-0.1, -0.05) is 64.1 Å². The molecule has 6 nitrogen and oxygen atoms in total. The zero-order valence-corrected chi connectivity index (χ0v) is 17.6. The fraction of sp³-hybridized carbons (Fsp3) is 0.333. The van der Waals surface area contributed by atoms with Crippen molar-refractivity contribution in [2.24, 2.45) is 11.8 Å². The minimum atomic E-state index is -0.790. The first kappa shape index (κ1) is 20.3. The molecule has 154 valence electrons. The minimum Gasteiger partial charge on any atom is -0.385 e. The van der Waals surface area contributed by atoms with Crippen molar-refractivity contribution in [1.29, 1.82) is 0 Å². The zero-order chi connectivity index (χ0) is 21.4. The van der Waals surface area contributed by atoms with E-state index in [1.165, 1.54) is 0 Å². The first-order chi connectivity index (χ1) is 14.4. The molecule has 0 aliphatic carbocycles. The highest BCUT2D eigenvalue weighted by Crippen LogP contribution is 2.33. The van der Waals surface area contributed by atoms with Gasteiger partial charge in [-0.15, -0.1) is 0 Å². The van der Waals surface area contributed by atoms with E-state index >= 15 is 0 Å². The molecule has 6 heteroatoms. The van der Waals surface area contributed by atoms with E-state index in [1.54, 1.807) is 0 Å². The molecular formula is C24H26N4O2. The highest BCUT2D eigenvalue weighted by molar-refractivity contribution is 6.00. The number of aliphatic hydroxyl groups is 2. The lowest BCUT2D eigenvalue weighted by Gasteiger charge is -2.18. The van der Waals surface area contributed by atoms with Crippen LogP contribution in [0.5, 0.6) is 0 Å². The van der Waals surface area contributed by atoms with E-state index in [0.717, 1.165) is 21.8 Å². The van der Waals surface area contributed by atoms with Crippen LogP contribution >= 0.6 is 0 Å². The van der Waals surface area contributed by atoms with Gasteiger partial charge in [0, 0.05) is 10.8 Å². The maximum Gasteiger partial charge on any atom is 0.158 e. The van der Waals surface area contributed by atoms with Crippen molar-refractivity contribution < 1.29 is 10.2 Å². The van der Waals surface area contributed by atoms with E-state index < -0.39 is 12.2 Å². The number of nitrogens with zero attached hydrogens (tertiary/aromatic N) is 4. The fourth-order valence-corrected chi connectivity index (χ4v) is 3.41. The van der Waals surface area contributed by atoms with Crippen LogP contribution in [0.25, 0.3) is 33.2 Å². The molecule has 30 heavy (non-hydrogen) atoms. The predicted octanol–water partition coefficient (Wildman–Crippen LogP) is 4.62. The molecule has 0 spiro atoms. The van der Waals surface area contributed by atoms with Crippen molar-refractivity contribution >= 4 is 21.8 Å². The minimum absolute atomic E-state index is 0.0283. The number of hydrogen-bond acceptors (Lipinski definition) is 6. The number of aromatic nitrogens is 4. The van der Waals surface area contributed by atoms with Crippen LogP contribution < -0.4 is 0 Å². The van der Waals surface area contributed by atoms with E-state index in [2.05, 4.69) is 9.97 Å². The second-order valence-electron chi connectivity index (χ2n) is 8.27. The van der Waals surface area contributed by atoms with Crippen LogP contribution in [0.15, 0.2) is 48.5 Å². The van der Waals surface area contributed by atoms with Crippen LogP contribution in [0, 0.1) is 11.8 Å². The van der Waals surface area contributed by atoms with Gasteiger partial charge in [-0.25, -0.2) is 19.9 Å². The summed E-state index contributed by atoms with van der Waals surface area (Å²) in [6.45, 7) is 7.72. The standard InChI is InChI=1S/C24H26N4O2/c1-13(2)21(29)23-25-17-11-7-5-9-15(17)19(27-23)20-16-10-6-8-12-18(16)26-24(28-20)22(30)14(3)4/h5-14,21-22,29-30H,1-4H3/t21-,22-/m0/s1. The molecule has 2 atom stereocenters. The second kappa shape index (κ2) is 8.05. The molecule has 0 bridgehead atoms. The summed E-state index contributed by atoms with van der Waals surface area (Å²) in [5.74, 6) is 0.679. The monoisotopic (exact) mass is 402 g/mol. The first-order valence-electron chi connectivity index (χ1n) is 10.3. The maximum absolute atomic E-state index is 10.7. The number of rotatable bonds is 5. The Morgan fingerprint density at radius 2 is 0.933 bits per heavy atom. The highest BCUT2D eigenvalue weighted by atomic mass is 16.3. The summed E-state index contributed by atoms with van der Waals surface area (Å²) in [7, 11) is 0. The Balaban J connectivity index is 2.06. The van der Waals surface area contributed by atoms with Crippen LogP contribution in [0.2, 0.25) is 0 Å². The van der Waals surface area contributed by atoms with Crippen molar-refractivity contribution in [3.05, 3.63) is 60.2 Å². The van der Waals surface area contributed by atoms with Gasteiger partial charge in [0.15, 0.2) is 11.6 Å². The number of hydrogen-bond donors (Lipinski definition) is 2. The maximum atomic E-state index is 10.7. The zero-order valence-electron chi connectivity index (χ0n) is 17.6. The van der Waals surface area contributed by atoms with Gasteiger partial charge in [0.1, 0.15) is 23.6 Å². The van der Waals surface area contributed by atoms with Gasteiger partial charge in [0.2, 0.25) is 0 Å². The molecule has 4 aromatic rings. The predicted molar refractivity (Wildman–Crippen MR) is 118 cm³/mol. The summed E-state index contributed by atoms with van der Waals surface area (Å²) in [5.41, 5.74) is 2.74. The van der Waals surface area contributed by atoms with Gasteiger partial charge in [0.05, 0.1) is 11.0 Å². The molecule has 2 N–H and O–H groups in total. The lowest BCUT2D eigenvalue weighted by Crippen LogP contribution is -2.13. The molecule has 2 aromatic carbocycles. The number of fused-ring (bicyclic) bond motifs is 2. The number of benzene rings is 2. The Bertz CT molecular complexity index is 1110. The smallest absolute Gasteiger partial charge is 0.158 e. The molecule has 0 aliphatic rings. The van der Waals surface area contributed by atoms with Crippen LogP contribution in [0.4, 0.5) is 0 Å². The van der Waals surface area contributed by atoms with E-state index in [-0.39, 0.29) is 11.8 Å². The molecule has 2 heterocycles. The third-order valence-electron chi connectivity index (χ3n) is 5.26. The lowest BCUT2D eigenvalue weighted by atomic mass is 10.0. The molecule has 0 unspecified atom stereocenters. The molecule has 0 amide bonds. The first-order valence-corrected chi connectivity index (χ1v) is 10.3. The Morgan fingerprint density at radius 3 is 1.30 bits per heavy atom. The number of para-hydroxylation sites is 2. The van der Waals surface area contributed by atoms with E-state index in [0.29, 0.717) is 23.0 Å². The molecule has 2 aromatic heterocycles. The van der Waals surface area contributed by atoms with E-state index in [9.17, 15) is 10.2 Å². The molecule has 4 rings (SSSR count). The summed E-state index contributed by atoms with van der Waals surface area (Å²) in [6.07, 6.45) is -1.58. The van der Waals surface area contributed by atoms with Crippen molar-refractivity contribution in [3.8, 4) is 11.4 Å². The third kappa shape index (κ3) is 3.64. The SMILES string of the molecule is CC(C)[C@H](O)c1nc(-c2nc([C@@H](O)C(C)C)nc3ccccc23)c2ccccc2n1. The largest absolute Gasteiger partial charge is 0.385 e. The van der Waals surface area contributed by atoms with Crippen molar-refractivity contribution in [2.75, 3.05) is 0 Å². The van der Waals surface area contributed by atoms with Crippen molar-refractivity contribution in [1.82, 2.24) is 19.9 Å². The molecule has 0 saturated heterocycles. The van der Waals surface area contributed by atoms with E-state index in [1.807, 2.05) is 76.2 Å². The Kier molecular flexibility index (Phi) is 5.45. The topological polar surface area (TPSA) is 92.0 Å². The lowest BCUT2D eigenvalue weighted by molar-refractivity contribution is 0.117. The van der Waals surface area contributed by atoms with Crippen LogP contribution in [-0.4, -0.2) is 30.1 Å². The van der Waals surface area contributed by atoms with Gasteiger partial charge in [0.25, 0.3) is 0 Å². The third-order valence-corrected chi connectivity index (χ3v) is 5.26. The molecule has 0 saturated carbocycles. The Morgan fingerprint density at radius 1 is 0.567 bits per heavy atom. The summed E-state index contributed by atoms with van der Waals surface area (Å²) in [5, 5.41) is 23.0. The van der Waals surface area contributed by atoms with E-state index in [4.69, 9.17) is 9.97 Å². The van der Waals surface area contributed by atoms with Crippen molar-refractivity contribution in [3.63, 3.8) is 0 Å². The Labute approximate surface area is 175 Å². The second-order valence-corrected chi connectivity index (χ2v) is 8.27. The van der Waals surface area contributed by atoms with Gasteiger partial charge >= 0.3 is 0 Å². The van der Waals surface area contributed by atoms with Gasteiger partial charge in [-0.05, 0) is 24.0 Å². The molecule has 0 fully saturated rings. The average Bonchev–Trinajstić information content (AvgIpc) is 2.76. The van der Waals surface area contributed by atoms with Gasteiger partial charge in [-0.2, -0.15) is 0 Å². The summed E-state index contributed by atoms with van der Waals surface area (Å²) >= 11 is 0. The summed E-state index contributed by atoms with van der Waals surface area (Å²) < 4.78 is 0. The van der Waals surface area contributed by atoms with Gasteiger partial charge < -0.3 is 10.2 Å². The average molecular weight is 402 g/mol. The van der Waals surface area contributed by atoms with Crippen LogP contribution in [-0.2, 0) is 0 Å². The van der Waals surface area contributed by atoms with Gasteiger partial charge in [-0.3, -0.25) is 0 Å². The highest BCUT2D eigenvalue weighted by Gasteiger charge is 2.23.